The first-order valence-electron chi connectivity index (χ1n) is 13.3. The van der Waals surface area contributed by atoms with Crippen molar-refractivity contribution in [3.8, 4) is 35.4 Å². The monoisotopic (exact) mass is 527 g/mol. The highest BCUT2D eigenvalue weighted by Crippen LogP contribution is 2.41. The maximum absolute atomic E-state index is 14.7. The molecule has 0 amide bonds. The summed E-state index contributed by atoms with van der Waals surface area (Å²) in [5.41, 5.74) is 1.44. The van der Waals surface area contributed by atoms with E-state index >= 15 is 0 Å². The number of aromatic nitrogens is 3. The molecule has 5 heterocycles. The highest BCUT2D eigenvalue weighted by molar-refractivity contribution is 6.03. The van der Waals surface area contributed by atoms with E-state index in [-0.39, 0.29) is 22.9 Å². The van der Waals surface area contributed by atoms with Crippen molar-refractivity contribution < 1.29 is 18.6 Å². The van der Waals surface area contributed by atoms with Gasteiger partial charge in [0, 0.05) is 43.2 Å². The van der Waals surface area contributed by atoms with Gasteiger partial charge in [0.2, 0.25) is 0 Å². The number of phenols is 1. The van der Waals surface area contributed by atoms with E-state index < -0.39 is 12.0 Å². The van der Waals surface area contributed by atoms with Crippen molar-refractivity contribution in [3.63, 3.8) is 0 Å². The number of phenolic OH excluding ortho intramolecular Hbond substituents is 1. The second-order valence-electron chi connectivity index (χ2n) is 10.8. The van der Waals surface area contributed by atoms with Gasteiger partial charge in [0.1, 0.15) is 30.2 Å². The van der Waals surface area contributed by atoms with Gasteiger partial charge in [-0.05, 0) is 55.5 Å². The molecule has 0 aliphatic carbocycles. The van der Waals surface area contributed by atoms with Crippen LogP contribution in [0.5, 0.6) is 11.8 Å². The Hall–Kier alpha value is -4.03. The highest BCUT2D eigenvalue weighted by atomic mass is 19.1. The minimum atomic E-state index is -0.839. The summed E-state index contributed by atoms with van der Waals surface area (Å²) < 4.78 is 35.0. The summed E-state index contributed by atoms with van der Waals surface area (Å²) in [5.74, 6) is 2.69. The highest BCUT2D eigenvalue weighted by Gasteiger charge is 2.49. The van der Waals surface area contributed by atoms with Gasteiger partial charge in [-0.2, -0.15) is 4.98 Å². The molecule has 9 heteroatoms. The fourth-order valence-corrected chi connectivity index (χ4v) is 6.39. The van der Waals surface area contributed by atoms with Gasteiger partial charge >= 0.3 is 6.01 Å². The Kier molecular flexibility index (Phi) is 5.56. The zero-order valence-electron chi connectivity index (χ0n) is 21.3. The van der Waals surface area contributed by atoms with Crippen LogP contribution in [0.2, 0.25) is 0 Å². The normalized spacial score (nSPS) is 22.7. The summed E-state index contributed by atoms with van der Waals surface area (Å²) in [4.78, 5) is 18.5. The number of hydrogen-bond acceptors (Lipinski definition) is 7. The van der Waals surface area contributed by atoms with Crippen molar-refractivity contribution in [2.24, 2.45) is 0 Å². The second kappa shape index (κ2) is 9.02. The first-order valence-corrected chi connectivity index (χ1v) is 13.3. The van der Waals surface area contributed by atoms with E-state index in [1.807, 2.05) is 0 Å². The molecule has 0 bridgehead atoms. The topological polar surface area (TPSA) is 74.6 Å². The number of benzene rings is 2. The molecule has 4 aromatic rings. The Bertz CT molecular complexity index is 1670. The number of rotatable bonds is 5. The molecule has 7 rings (SSSR count). The van der Waals surface area contributed by atoms with Gasteiger partial charge in [-0.3, -0.25) is 4.90 Å². The van der Waals surface area contributed by atoms with E-state index in [0.717, 1.165) is 44.3 Å². The lowest BCUT2D eigenvalue weighted by Gasteiger charge is -2.33. The molecule has 0 saturated carbocycles. The summed E-state index contributed by atoms with van der Waals surface area (Å²) in [5, 5.41) is 12.4. The van der Waals surface area contributed by atoms with Gasteiger partial charge in [0.05, 0.1) is 27.7 Å². The number of hydrogen-bond donors (Lipinski definition) is 1. The van der Waals surface area contributed by atoms with E-state index in [0.29, 0.717) is 52.9 Å². The Morgan fingerprint density at radius 2 is 2.03 bits per heavy atom. The minimum Gasteiger partial charge on any atom is -0.508 e. The number of ether oxygens (including phenoxy) is 1. The first-order chi connectivity index (χ1) is 18.9. The number of halogens is 2. The molecule has 198 valence electrons. The van der Waals surface area contributed by atoms with Crippen LogP contribution in [0.4, 0.5) is 14.6 Å². The zero-order valence-corrected chi connectivity index (χ0v) is 21.3. The molecule has 3 fully saturated rings. The van der Waals surface area contributed by atoms with Gasteiger partial charge in [-0.25, -0.2) is 18.7 Å². The van der Waals surface area contributed by atoms with Gasteiger partial charge in [-0.15, -0.1) is 6.42 Å². The third-order valence-electron chi connectivity index (χ3n) is 8.40. The number of nitrogens with zero attached hydrogens (tertiary/aromatic N) is 5. The van der Waals surface area contributed by atoms with Crippen molar-refractivity contribution in [3.05, 3.63) is 47.9 Å². The molecule has 0 spiro atoms. The van der Waals surface area contributed by atoms with E-state index in [1.54, 1.807) is 30.5 Å². The lowest BCUT2D eigenvalue weighted by Crippen LogP contribution is -2.43. The molecule has 7 nitrogen and oxygen atoms in total. The van der Waals surface area contributed by atoms with E-state index in [1.165, 1.54) is 6.07 Å². The van der Waals surface area contributed by atoms with Crippen LogP contribution in [0.3, 0.4) is 0 Å². The lowest BCUT2D eigenvalue weighted by molar-refractivity contribution is 0.107. The Balaban J connectivity index is 1.34. The summed E-state index contributed by atoms with van der Waals surface area (Å²) in [6, 6.07) is 8.01. The smallest absolute Gasteiger partial charge is 0.316 e. The molecule has 3 aliphatic rings. The summed E-state index contributed by atoms with van der Waals surface area (Å²) >= 11 is 0. The number of aromatic hydroxyl groups is 1. The van der Waals surface area contributed by atoms with E-state index in [4.69, 9.17) is 21.1 Å². The van der Waals surface area contributed by atoms with Crippen LogP contribution in [0.15, 0.2) is 36.5 Å². The number of alkyl halides is 1. The van der Waals surface area contributed by atoms with Crippen LogP contribution in [0.1, 0.15) is 31.2 Å². The molecule has 0 unspecified atom stereocenters. The number of anilines is 1. The van der Waals surface area contributed by atoms with Crippen LogP contribution in [-0.2, 0) is 0 Å². The van der Waals surface area contributed by atoms with Crippen LogP contribution >= 0.6 is 0 Å². The van der Waals surface area contributed by atoms with Gasteiger partial charge < -0.3 is 14.7 Å². The lowest BCUT2D eigenvalue weighted by atomic mass is 9.95. The molecule has 39 heavy (non-hydrogen) atoms. The van der Waals surface area contributed by atoms with Crippen LogP contribution in [0.25, 0.3) is 32.9 Å². The Morgan fingerprint density at radius 3 is 2.82 bits per heavy atom. The van der Waals surface area contributed by atoms with Crippen LogP contribution < -0.4 is 9.64 Å². The third-order valence-corrected chi connectivity index (χ3v) is 8.40. The quantitative estimate of drug-likeness (QED) is 0.373. The van der Waals surface area contributed by atoms with Gasteiger partial charge in [0.15, 0.2) is 0 Å². The average molecular weight is 528 g/mol. The van der Waals surface area contributed by atoms with Gasteiger partial charge in [0.25, 0.3) is 0 Å². The van der Waals surface area contributed by atoms with Crippen LogP contribution in [0, 0.1) is 18.2 Å². The van der Waals surface area contributed by atoms with Crippen LogP contribution in [-0.4, -0.2) is 69.5 Å². The first kappa shape index (κ1) is 24.0. The zero-order chi connectivity index (χ0) is 26.7. The van der Waals surface area contributed by atoms with Gasteiger partial charge in [-0.1, -0.05) is 12.0 Å². The molecular formula is C30H27F2N5O2. The van der Waals surface area contributed by atoms with E-state index in [9.17, 15) is 13.9 Å². The molecule has 2 aromatic heterocycles. The van der Waals surface area contributed by atoms with Crippen molar-refractivity contribution in [1.82, 2.24) is 19.9 Å². The summed E-state index contributed by atoms with van der Waals surface area (Å²) in [6.07, 6.45) is 10.0. The number of terminal acetylenes is 1. The SMILES string of the molecule is C#Cc1c(F)ccc2cc(O)cc(-c3cc4nc(OC[C@@]56CCCN5C[C@H](F)C6)ncc4c(N4CCC4)n3)c12. The third kappa shape index (κ3) is 3.93. The summed E-state index contributed by atoms with van der Waals surface area (Å²) in [7, 11) is 0. The minimum absolute atomic E-state index is 0.0225. The molecule has 3 saturated heterocycles. The number of pyridine rings is 1. The molecule has 0 radical (unpaired) electrons. The Morgan fingerprint density at radius 1 is 1.15 bits per heavy atom. The Labute approximate surface area is 224 Å². The predicted octanol–water partition coefficient (Wildman–Crippen LogP) is 4.84. The fourth-order valence-electron chi connectivity index (χ4n) is 6.39. The standard InChI is InChI=1S/C30H27F2N5O2/c1-2-21-24(32)6-5-18-11-20(38)12-22(27(18)21)25-13-26-23(28(34-25)36-8-4-9-36)15-33-29(35-26)39-17-30-7-3-10-37(30)16-19(31)14-30/h1,5-6,11-13,15,19,38H,3-4,7-10,14,16-17H2/t19-,30+/m1/s1. The maximum atomic E-state index is 14.7. The largest absolute Gasteiger partial charge is 0.508 e. The van der Waals surface area contributed by atoms with Crippen molar-refractivity contribution in [2.45, 2.75) is 37.4 Å². The average Bonchev–Trinajstić information content (AvgIpc) is 3.41. The fraction of sp³-hybridized carbons (Fsp3) is 0.367. The van der Waals surface area contributed by atoms with E-state index in [2.05, 4.69) is 20.7 Å². The molecule has 3 aliphatic heterocycles. The molecule has 2 aromatic carbocycles. The predicted molar refractivity (Wildman–Crippen MR) is 145 cm³/mol. The number of fused-ring (bicyclic) bond motifs is 3. The summed E-state index contributed by atoms with van der Waals surface area (Å²) in [6.45, 7) is 3.36. The van der Waals surface area contributed by atoms with Crippen molar-refractivity contribution in [2.75, 3.05) is 37.7 Å². The molecule has 2 atom stereocenters. The second-order valence-corrected chi connectivity index (χ2v) is 10.8. The maximum Gasteiger partial charge on any atom is 0.316 e. The van der Waals surface area contributed by atoms with Crippen molar-refractivity contribution >= 4 is 27.5 Å². The molecule has 1 N–H and O–H groups in total. The van der Waals surface area contributed by atoms with Crippen molar-refractivity contribution in [1.29, 1.82) is 0 Å². The molecular weight excluding hydrogens is 500 g/mol.